The van der Waals surface area contributed by atoms with Crippen LogP contribution in [0.3, 0.4) is 0 Å². The summed E-state index contributed by atoms with van der Waals surface area (Å²) in [6.45, 7) is 12.4. The Morgan fingerprint density at radius 3 is 2.37 bits per heavy atom. The average Bonchev–Trinajstić information content (AvgIpc) is 3.08. The van der Waals surface area contributed by atoms with E-state index in [9.17, 15) is 13.0 Å². The Labute approximate surface area is 168 Å². The Kier molecular flexibility index (Phi) is 11.2. The zero-order valence-corrected chi connectivity index (χ0v) is 18.5. The zero-order valence-electron chi connectivity index (χ0n) is 16.9. The van der Waals surface area contributed by atoms with Gasteiger partial charge in [0.25, 0.3) is 0 Å². The summed E-state index contributed by atoms with van der Waals surface area (Å²) in [5.74, 6) is 1.30. The largest absolute Gasteiger partial charge is 0.748 e. The predicted octanol–water partition coefficient (Wildman–Crippen LogP) is 1.08. The molecule has 0 saturated heterocycles. The number of hydrogen-bond acceptors (Lipinski definition) is 7. The third kappa shape index (κ3) is 10.3. The molecule has 0 radical (unpaired) electrons. The van der Waals surface area contributed by atoms with Crippen molar-refractivity contribution in [2.75, 3.05) is 52.1 Å². The number of unbranched alkanes of at least 4 members (excludes halogenated alkanes) is 1. The lowest BCUT2D eigenvalue weighted by atomic mass is 10.2. The lowest BCUT2D eigenvalue weighted by Crippen LogP contribution is -3.11. The minimum Gasteiger partial charge on any atom is -0.748 e. The highest BCUT2D eigenvalue weighted by atomic mass is 32.2. The van der Waals surface area contributed by atoms with Gasteiger partial charge in [-0.1, -0.05) is 0 Å². The number of quaternary nitrogens is 1. The molecule has 0 spiro atoms. The van der Waals surface area contributed by atoms with E-state index in [1.54, 1.807) is 16.2 Å². The number of ether oxygens (including phenoxy) is 2. The molecular weight excluding hydrogens is 388 g/mol. The first-order valence-corrected chi connectivity index (χ1v) is 12.1. The quantitative estimate of drug-likeness (QED) is 0.449. The fraction of sp³-hybridized carbons (Fsp3) is 0.778. The number of fused-ring (bicyclic) bond motifs is 1. The molecule has 1 unspecified atom stereocenters. The SMILES string of the molecule is CC[NH+](CC)CC.CN(CCCCS(=O)(=O)[O-])CC1COc2cscc2O1. The Hall–Kier alpha value is -0.870. The molecule has 1 N–H and O–H groups in total. The number of nitrogens with one attached hydrogen (secondary N) is 1. The van der Waals surface area contributed by atoms with E-state index in [1.165, 1.54) is 19.6 Å². The van der Waals surface area contributed by atoms with Gasteiger partial charge >= 0.3 is 0 Å². The van der Waals surface area contributed by atoms with Crippen LogP contribution in [0.5, 0.6) is 11.5 Å². The van der Waals surface area contributed by atoms with E-state index in [4.69, 9.17) is 9.47 Å². The second kappa shape index (κ2) is 12.6. The van der Waals surface area contributed by atoms with E-state index >= 15 is 0 Å². The maximum Gasteiger partial charge on any atom is 0.172 e. The third-order valence-electron chi connectivity index (χ3n) is 4.51. The molecular formula is C18H34N2O5S2. The van der Waals surface area contributed by atoms with Gasteiger partial charge in [-0.2, -0.15) is 0 Å². The van der Waals surface area contributed by atoms with Gasteiger partial charge in [0.2, 0.25) is 0 Å². The average molecular weight is 423 g/mol. The van der Waals surface area contributed by atoms with E-state index in [1.807, 2.05) is 17.8 Å². The molecule has 0 saturated carbocycles. The van der Waals surface area contributed by atoms with E-state index in [0.29, 0.717) is 26.0 Å². The van der Waals surface area contributed by atoms with Crippen LogP contribution in [0.15, 0.2) is 10.8 Å². The van der Waals surface area contributed by atoms with Gasteiger partial charge in [-0.05, 0) is 47.2 Å². The highest BCUT2D eigenvalue weighted by molar-refractivity contribution is 7.85. The highest BCUT2D eigenvalue weighted by Crippen LogP contribution is 2.35. The lowest BCUT2D eigenvalue weighted by molar-refractivity contribution is -0.894. The highest BCUT2D eigenvalue weighted by Gasteiger charge is 2.22. The van der Waals surface area contributed by atoms with Crippen molar-refractivity contribution in [3.63, 3.8) is 0 Å². The molecule has 0 fully saturated rings. The number of hydrogen-bond donors (Lipinski definition) is 1. The summed E-state index contributed by atoms with van der Waals surface area (Å²) >= 11 is 1.55. The molecule has 0 aromatic carbocycles. The van der Waals surface area contributed by atoms with Gasteiger partial charge in [0, 0.05) is 23.1 Å². The summed E-state index contributed by atoms with van der Waals surface area (Å²) < 4.78 is 42.8. The first kappa shape index (κ1) is 24.2. The second-order valence-corrected chi connectivity index (χ2v) is 8.96. The Morgan fingerprint density at radius 2 is 1.81 bits per heavy atom. The molecule has 2 heterocycles. The van der Waals surface area contributed by atoms with Gasteiger partial charge in [0.05, 0.1) is 29.8 Å². The predicted molar refractivity (Wildman–Crippen MR) is 108 cm³/mol. The topological polar surface area (TPSA) is 83.3 Å². The van der Waals surface area contributed by atoms with Crippen LogP contribution < -0.4 is 14.4 Å². The number of rotatable bonds is 10. The van der Waals surface area contributed by atoms with E-state index in [0.717, 1.165) is 18.0 Å². The van der Waals surface area contributed by atoms with Gasteiger partial charge in [-0.3, -0.25) is 0 Å². The molecule has 9 heteroatoms. The van der Waals surface area contributed by atoms with Gasteiger partial charge in [0.1, 0.15) is 12.7 Å². The molecule has 0 bridgehead atoms. The van der Waals surface area contributed by atoms with Crippen molar-refractivity contribution < 1.29 is 27.3 Å². The summed E-state index contributed by atoms with van der Waals surface area (Å²) in [7, 11) is -2.15. The Balaban J connectivity index is 0.000000445. The molecule has 1 aliphatic heterocycles. The van der Waals surface area contributed by atoms with Crippen LogP contribution in [0.25, 0.3) is 0 Å². The van der Waals surface area contributed by atoms with E-state index in [2.05, 4.69) is 25.7 Å². The van der Waals surface area contributed by atoms with Crippen molar-refractivity contribution >= 4 is 21.5 Å². The number of likely N-dealkylation sites (N-methyl/N-ethyl adjacent to an activating group) is 1. The number of nitrogens with zero attached hydrogens (tertiary/aromatic N) is 1. The molecule has 0 amide bonds. The minimum atomic E-state index is -4.09. The van der Waals surface area contributed by atoms with Gasteiger partial charge in [-0.25, -0.2) is 8.42 Å². The van der Waals surface area contributed by atoms with Gasteiger partial charge < -0.3 is 23.8 Å². The summed E-state index contributed by atoms with van der Waals surface area (Å²) in [6.07, 6.45) is 1.05. The number of thiophene rings is 1. The van der Waals surface area contributed by atoms with Gasteiger partial charge in [0.15, 0.2) is 11.5 Å². The van der Waals surface area contributed by atoms with Crippen LogP contribution in [0.4, 0.5) is 0 Å². The normalized spacial score (nSPS) is 16.3. The molecule has 158 valence electrons. The summed E-state index contributed by atoms with van der Waals surface area (Å²) in [6, 6.07) is 0. The van der Waals surface area contributed by atoms with Crippen LogP contribution in [-0.2, 0) is 10.1 Å². The van der Waals surface area contributed by atoms with Gasteiger partial charge in [-0.15, -0.1) is 11.3 Å². The zero-order chi connectivity index (χ0) is 20.3. The van der Waals surface area contributed by atoms with Crippen LogP contribution in [-0.4, -0.2) is 76.1 Å². The van der Waals surface area contributed by atoms with E-state index < -0.39 is 10.1 Å². The maximum absolute atomic E-state index is 10.5. The monoisotopic (exact) mass is 422 g/mol. The summed E-state index contributed by atoms with van der Waals surface area (Å²) in [5, 5.41) is 3.83. The fourth-order valence-corrected chi connectivity index (χ4v) is 4.03. The first-order valence-electron chi connectivity index (χ1n) is 9.60. The Bertz CT molecular complexity index is 612. The van der Waals surface area contributed by atoms with Crippen LogP contribution in [0.1, 0.15) is 33.6 Å². The van der Waals surface area contributed by atoms with Crippen LogP contribution >= 0.6 is 11.3 Å². The minimum absolute atomic E-state index is 0.0228. The van der Waals surface area contributed by atoms with Crippen molar-refractivity contribution in [1.82, 2.24) is 4.90 Å². The molecule has 27 heavy (non-hydrogen) atoms. The summed E-state index contributed by atoms with van der Waals surface area (Å²) in [4.78, 5) is 3.74. The standard InChI is InChI=1S/C12H19NO5S2.C6H15N/c1-13(4-2-3-5-20(14,15)16)6-10-7-17-11-8-19-9-12(11)18-10;1-4-7(5-2)6-3/h8-10H,2-7H2,1H3,(H,14,15,16);4-6H2,1-3H3. The first-order chi connectivity index (χ1) is 12.8. The second-order valence-electron chi connectivity index (χ2n) is 6.69. The molecule has 1 atom stereocenters. The summed E-state index contributed by atoms with van der Waals surface area (Å²) in [5.41, 5.74) is 0. The van der Waals surface area contributed by atoms with Crippen molar-refractivity contribution in [3.05, 3.63) is 10.8 Å². The Morgan fingerprint density at radius 1 is 1.19 bits per heavy atom. The smallest absolute Gasteiger partial charge is 0.172 e. The van der Waals surface area contributed by atoms with E-state index in [-0.39, 0.29) is 11.9 Å². The van der Waals surface area contributed by atoms with Crippen LogP contribution in [0, 0.1) is 0 Å². The van der Waals surface area contributed by atoms with Crippen molar-refractivity contribution in [1.29, 1.82) is 0 Å². The fourth-order valence-electron chi connectivity index (χ4n) is 2.80. The molecule has 2 rings (SSSR count). The molecule has 0 aliphatic carbocycles. The van der Waals surface area contributed by atoms with Crippen LogP contribution in [0.2, 0.25) is 0 Å². The van der Waals surface area contributed by atoms with Crippen molar-refractivity contribution in [3.8, 4) is 11.5 Å². The molecule has 1 aliphatic rings. The molecule has 1 aromatic heterocycles. The maximum atomic E-state index is 10.5. The molecule has 7 nitrogen and oxygen atoms in total. The van der Waals surface area contributed by atoms with Crippen molar-refractivity contribution in [2.45, 2.75) is 39.7 Å². The molecule has 1 aromatic rings. The lowest BCUT2D eigenvalue weighted by Gasteiger charge is -2.28. The third-order valence-corrected chi connectivity index (χ3v) is 6.00. The van der Waals surface area contributed by atoms with Crippen molar-refractivity contribution in [2.24, 2.45) is 0 Å².